The molecule has 1 unspecified atom stereocenters. The van der Waals surface area contributed by atoms with E-state index in [2.05, 4.69) is 9.97 Å². The number of nitrogens with zero attached hydrogens (tertiary/aromatic N) is 2. The number of aliphatic hydroxyl groups is 1. The van der Waals surface area contributed by atoms with E-state index >= 15 is 0 Å². The van der Waals surface area contributed by atoms with E-state index in [1.807, 2.05) is 0 Å². The van der Waals surface area contributed by atoms with Crippen LogP contribution in [0.2, 0.25) is 0 Å². The lowest BCUT2D eigenvalue weighted by atomic mass is 9.89. The summed E-state index contributed by atoms with van der Waals surface area (Å²) in [7, 11) is 0. The molecule has 0 spiro atoms. The maximum atomic E-state index is 13.2. The van der Waals surface area contributed by atoms with Crippen LogP contribution in [-0.4, -0.2) is 44.4 Å². The number of carbonyl (C=O) groups is 2. The van der Waals surface area contributed by atoms with E-state index in [1.165, 1.54) is 6.92 Å². The van der Waals surface area contributed by atoms with E-state index < -0.39 is 58.8 Å². The van der Waals surface area contributed by atoms with Crippen LogP contribution in [0.4, 0.5) is 45.3 Å². The summed E-state index contributed by atoms with van der Waals surface area (Å²) in [5.74, 6) is -5.76. The van der Waals surface area contributed by atoms with Gasteiger partial charge in [0.25, 0.3) is 11.5 Å². The summed E-state index contributed by atoms with van der Waals surface area (Å²) in [6, 6.07) is 2.52. The van der Waals surface area contributed by atoms with Gasteiger partial charge in [-0.05, 0) is 18.6 Å². The average molecular weight is 508 g/mol. The summed E-state index contributed by atoms with van der Waals surface area (Å²) in [4.78, 5) is 26.9. The molecule has 1 heterocycles. The second kappa shape index (κ2) is 9.32. The predicted molar refractivity (Wildman–Crippen MR) is 94.5 cm³/mol. The van der Waals surface area contributed by atoms with E-state index in [-0.39, 0.29) is 11.1 Å². The molecule has 0 fully saturated rings. The van der Waals surface area contributed by atoms with Crippen LogP contribution in [0, 0.1) is 6.92 Å². The molecule has 34 heavy (non-hydrogen) atoms. The van der Waals surface area contributed by atoms with Gasteiger partial charge < -0.3 is 21.7 Å². The van der Waals surface area contributed by atoms with Gasteiger partial charge in [-0.2, -0.15) is 39.5 Å². The quantitative estimate of drug-likeness (QED) is 0.465. The molecule has 8 nitrogen and oxygen atoms in total. The van der Waals surface area contributed by atoms with Crippen molar-refractivity contribution in [2.24, 2.45) is 5.73 Å². The molecule has 0 aliphatic heterocycles. The molecule has 0 radical (unpaired) electrons. The molecule has 1 amide bonds. The van der Waals surface area contributed by atoms with Crippen LogP contribution in [0.25, 0.3) is 11.3 Å². The molecule has 6 N–H and O–H groups in total. The summed E-state index contributed by atoms with van der Waals surface area (Å²) in [6.45, 7) is 1.38. The molecule has 188 valence electrons. The van der Waals surface area contributed by atoms with Crippen molar-refractivity contribution >= 4 is 17.7 Å². The Morgan fingerprint density at radius 2 is 1.50 bits per heavy atom. The topological polar surface area (TPSA) is 152 Å². The Morgan fingerprint density at radius 3 is 1.88 bits per heavy atom. The lowest BCUT2D eigenvalue weighted by Crippen LogP contribution is -2.52. The lowest BCUT2D eigenvalue weighted by Gasteiger charge is -2.28. The molecular formula is C17H13F9N4O4. The molecule has 17 heteroatoms. The van der Waals surface area contributed by atoms with Gasteiger partial charge in [0.15, 0.2) is 11.5 Å². The van der Waals surface area contributed by atoms with Gasteiger partial charge in [-0.15, -0.1) is 0 Å². The van der Waals surface area contributed by atoms with Gasteiger partial charge in [0.05, 0.1) is 11.9 Å². The summed E-state index contributed by atoms with van der Waals surface area (Å²) < 4.78 is 110. The van der Waals surface area contributed by atoms with Gasteiger partial charge in [0.2, 0.25) is 0 Å². The number of nitrogen functional groups attached to an aromatic ring is 1. The fraction of sp³-hybridized carbons (Fsp3) is 0.294. The number of aliphatic carboxylic acids is 1. The SMILES string of the molecule is Cc1ccc(C(O)(C(N)=O)C(F)(F)F)cc1-c1cnc(N)c(C(F)(F)F)n1.O=C(O)C(F)(F)F. The molecule has 2 rings (SSSR count). The van der Waals surface area contributed by atoms with Crippen LogP contribution in [0.15, 0.2) is 24.4 Å². The zero-order chi connectivity index (χ0) is 26.9. The largest absolute Gasteiger partial charge is 0.490 e. The van der Waals surface area contributed by atoms with E-state index in [9.17, 15) is 49.4 Å². The van der Waals surface area contributed by atoms with Crippen molar-refractivity contribution in [3.63, 3.8) is 0 Å². The minimum absolute atomic E-state index is 0.208. The third-order valence-corrected chi connectivity index (χ3v) is 4.01. The smallest absolute Gasteiger partial charge is 0.475 e. The first-order valence-corrected chi connectivity index (χ1v) is 8.34. The number of hydrogen-bond donors (Lipinski definition) is 4. The fourth-order valence-electron chi connectivity index (χ4n) is 2.31. The highest BCUT2D eigenvalue weighted by Gasteiger charge is 2.60. The molecule has 0 saturated carbocycles. The van der Waals surface area contributed by atoms with Crippen molar-refractivity contribution in [1.82, 2.24) is 9.97 Å². The molecule has 0 bridgehead atoms. The van der Waals surface area contributed by atoms with Crippen molar-refractivity contribution in [2.75, 3.05) is 5.73 Å². The number of primary amides is 1. The highest BCUT2D eigenvalue weighted by atomic mass is 19.4. The Kier molecular flexibility index (Phi) is 7.78. The highest BCUT2D eigenvalue weighted by Crippen LogP contribution is 2.41. The minimum atomic E-state index is -5.46. The van der Waals surface area contributed by atoms with Gasteiger partial charge in [-0.1, -0.05) is 12.1 Å². The Morgan fingerprint density at radius 1 is 1.00 bits per heavy atom. The second-order valence-corrected chi connectivity index (χ2v) is 6.39. The van der Waals surface area contributed by atoms with Gasteiger partial charge in [0, 0.05) is 11.1 Å². The van der Waals surface area contributed by atoms with E-state index in [1.54, 1.807) is 0 Å². The highest BCUT2D eigenvalue weighted by molar-refractivity contribution is 5.86. The van der Waals surface area contributed by atoms with Crippen molar-refractivity contribution < 1.29 is 59.3 Å². The number of aromatic nitrogens is 2. The van der Waals surface area contributed by atoms with Crippen molar-refractivity contribution in [2.45, 2.75) is 31.1 Å². The molecule has 1 atom stereocenters. The number of nitrogens with two attached hydrogens (primary N) is 2. The zero-order valence-electron chi connectivity index (χ0n) is 16.5. The van der Waals surface area contributed by atoms with Crippen LogP contribution >= 0.6 is 0 Å². The van der Waals surface area contributed by atoms with Gasteiger partial charge in [-0.3, -0.25) is 4.79 Å². The fourth-order valence-corrected chi connectivity index (χ4v) is 2.31. The monoisotopic (exact) mass is 508 g/mol. The van der Waals surface area contributed by atoms with E-state index in [0.717, 1.165) is 18.3 Å². The average Bonchev–Trinajstić information content (AvgIpc) is 2.66. The standard InChI is InChI=1S/C15H12F6N4O2.C2HF3O2/c1-6-2-3-7(13(27,12(23)26)15(19,20)21)4-8(6)9-5-24-11(22)10(25-9)14(16,17)18;3-2(4,5)1(6)7/h2-5,27H,1H3,(H2,22,24)(H2,23,26);(H,6,7). The van der Waals surface area contributed by atoms with Crippen LogP contribution in [0.3, 0.4) is 0 Å². The normalized spacial score (nSPS) is 14.0. The van der Waals surface area contributed by atoms with E-state index in [4.69, 9.17) is 21.4 Å². The van der Waals surface area contributed by atoms with Crippen LogP contribution in [0.1, 0.15) is 16.8 Å². The molecule has 0 aliphatic carbocycles. The molecule has 1 aromatic heterocycles. The lowest BCUT2D eigenvalue weighted by molar-refractivity contribution is -0.255. The summed E-state index contributed by atoms with van der Waals surface area (Å²) in [6.07, 6.45) is -14.7. The van der Waals surface area contributed by atoms with Gasteiger partial charge >= 0.3 is 24.5 Å². The number of carboxylic acid groups (broad SMARTS) is 1. The summed E-state index contributed by atoms with van der Waals surface area (Å²) >= 11 is 0. The molecule has 2 aromatic rings. The third kappa shape index (κ3) is 6.03. The zero-order valence-corrected chi connectivity index (χ0v) is 16.5. The number of carbonyl (C=O) groups excluding carboxylic acids is 1. The van der Waals surface area contributed by atoms with Crippen LogP contribution in [0.5, 0.6) is 0 Å². The molecular weight excluding hydrogens is 495 g/mol. The van der Waals surface area contributed by atoms with Crippen LogP contribution in [-0.2, 0) is 21.4 Å². The van der Waals surface area contributed by atoms with Crippen molar-refractivity contribution in [3.8, 4) is 11.3 Å². The number of anilines is 1. The first-order valence-electron chi connectivity index (χ1n) is 8.34. The maximum absolute atomic E-state index is 13.2. The van der Waals surface area contributed by atoms with Crippen molar-refractivity contribution in [1.29, 1.82) is 0 Å². The van der Waals surface area contributed by atoms with E-state index in [0.29, 0.717) is 6.07 Å². The maximum Gasteiger partial charge on any atom is 0.490 e. The number of benzene rings is 1. The Balaban J connectivity index is 0.000000718. The molecule has 1 aromatic carbocycles. The summed E-state index contributed by atoms with van der Waals surface area (Å²) in [5, 5.41) is 17.0. The summed E-state index contributed by atoms with van der Waals surface area (Å²) in [5.41, 5.74) is 2.85. The first-order chi connectivity index (χ1) is 15.1. The number of rotatable bonds is 3. The predicted octanol–water partition coefficient (Wildman–Crippen LogP) is 2.92. The number of aryl methyl sites for hydroxylation is 1. The Hall–Kier alpha value is -3.63. The number of alkyl halides is 9. The number of hydrogen-bond acceptors (Lipinski definition) is 6. The minimum Gasteiger partial charge on any atom is -0.475 e. The third-order valence-electron chi connectivity index (χ3n) is 4.01. The van der Waals surface area contributed by atoms with Crippen LogP contribution < -0.4 is 11.5 Å². The Bertz CT molecular complexity index is 1080. The number of amides is 1. The second-order valence-electron chi connectivity index (χ2n) is 6.39. The van der Waals surface area contributed by atoms with Crippen molar-refractivity contribution in [3.05, 3.63) is 41.2 Å². The van der Waals surface area contributed by atoms with Gasteiger partial charge in [0.1, 0.15) is 0 Å². The number of carboxylic acids is 1. The Labute approximate surface area is 183 Å². The number of halogens is 9. The van der Waals surface area contributed by atoms with Gasteiger partial charge in [-0.25, -0.2) is 14.8 Å². The first kappa shape index (κ1) is 28.4. The molecule has 0 aliphatic rings. The molecule has 0 saturated heterocycles.